The van der Waals surface area contributed by atoms with E-state index < -0.39 is 6.04 Å². The van der Waals surface area contributed by atoms with Crippen LogP contribution in [0.1, 0.15) is 25.3 Å². The smallest absolute Gasteiger partial charge is 0.237 e. The third kappa shape index (κ3) is 5.29. The third-order valence-electron chi connectivity index (χ3n) is 2.87. The summed E-state index contributed by atoms with van der Waals surface area (Å²) in [4.78, 5) is 11.7. The summed E-state index contributed by atoms with van der Waals surface area (Å²) in [6, 6.07) is 9.44. The number of aliphatic hydroxyl groups is 1. The molecule has 0 aromatic heterocycles. The zero-order valence-electron chi connectivity index (χ0n) is 10.8. The summed E-state index contributed by atoms with van der Waals surface area (Å²) in [5.41, 5.74) is 7.02. The number of hydrogen-bond donors (Lipinski definition) is 3. The normalized spacial score (nSPS) is 13.9. The Labute approximate surface area is 108 Å². The molecule has 0 aliphatic heterocycles. The molecule has 0 aliphatic rings. The second-order valence-corrected chi connectivity index (χ2v) is 4.55. The molecule has 2 unspecified atom stereocenters. The molecule has 0 saturated carbocycles. The van der Waals surface area contributed by atoms with Gasteiger partial charge in [-0.1, -0.05) is 30.3 Å². The largest absolute Gasteiger partial charge is 0.396 e. The number of carbonyl (C=O) groups excluding carboxylic acids is 1. The van der Waals surface area contributed by atoms with E-state index in [9.17, 15) is 4.79 Å². The van der Waals surface area contributed by atoms with Gasteiger partial charge in [-0.25, -0.2) is 0 Å². The Morgan fingerprint density at radius 1 is 1.33 bits per heavy atom. The number of nitrogens with one attached hydrogen (secondary N) is 1. The maximum absolute atomic E-state index is 11.7. The van der Waals surface area contributed by atoms with E-state index in [2.05, 4.69) is 5.32 Å². The van der Waals surface area contributed by atoms with Crippen LogP contribution in [0.15, 0.2) is 30.3 Å². The van der Waals surface area contributed by atoms with Crippen molar-refractivity contribution >= 4 is 5.91 Å². The van der Waals surface area contributed by atoms with Crippen LogP contribution in [0.5, 0.6) is 0 Å². The maximum Gasteiger partial charge on any atom is 0.237 e. The number of benzene rings is 1. The molecule has 0 bridgehead atoms. The molecule has 0 radical (unpaired) electrons. The fraction of sp³-hybridized carbons (Fsp3) is 0.500. The Morgan fingerprint density at radius 2 is 2.00 bits per heavy atom. The molecule has 0 heterocycles. The van der Waals surface area contributed by atoms with E-state index in [4.69, 9.17) is 10.8 Å². The van der Waals surface area contributed by atoms with E-state index in [0.717, 1.165) is 6.42 Å². The van der Waals surface area contributed by atoms with Crippen molar-refractivity contribution < 1.29 is 9.90 Å². The fourth-order valence-electron chi connectivity index (χ4n) is 1.71. The lowest BCUT2D eigenvalue weighted by Gasteiger charge is -2.16. The topological polar surface area (TPSA) is 75.3 Å². The predicted molar refractivity (Wildman–Crippen MR) is 72.0 cm³/mol. The number of amides is 1. The third-order valence-corrected chi connectivity index (χ3v) is 2.87. The van der Waals surface area contributed by atoms with Gasteiger partial charge in [0, 0.05) is 12.6 Å². The highest BCUT2D eigenvalue weighted by Gasteiger charge is 2.15. The second kappa shape index (κ2) is 7.84. The van der Waals surface area contributed by atoms with E-state index in [1.165, 1.54) is 5.56 Å². The van der Waals surface area contributed by atoms with Crippen LogP contribution >= 0.6 is 0 Å². The summed E-state index contributed by atoms with van der Waals surface area (Å²) in [6.07, 6.45) is 1.97. The minimum Gasteiger partial charge on any atom is -0.396 e. The SMILES string of the molecule is CC(CCO)NC(=O)C(N)CCc1ccccc1. The monoisotopic (exact) mass is 250 g/mol. The van der Waals surface area contributed by atoms with Crippen LogP contribution < -0.4 is 11.1 Å². The molecule has 4 nitrogen and oxygen atoms in total. The Balaban J connectivity index is 2.32. The van der Waals surface area contributed by atoms with Gasteiger partial charge in [-0.05, 0) is 31.7 Å². The summed E-state index contributed by atoms with van der Waals surface area (Å²) in [5, 5.41) is 11.6. The summed E-state index contributed by atoms with van der Waals surface area (Å²) < 4.78 is 0. The number of rotatable bonds is 7. The van der Waals surface area contributed by atoms with Crippen LogP contribution in [0.4, 0.5) is 0 Å². The Kier molecular flexibility index (Phi) is 6.39. The van der Waals surface area contributed by atoms with Crippen LogP contribution in [0.3, 0.4) is 0 Å². The molecule has 1 aromatic carbocycles. The molecular weight excluding hydrogens is 228 g/mol. The van der Waals surface area contributed by atoms with Gasteiger partial charge in [0.05, 0.1) is 6.04 Å². The van der Waals surface area contributed by atoms with Gasteiger partial charge in [0.15, 0.2) is 0 Å². The van der Waals surface area contributed by atoms with Crippen LogP contribution in [-0.2, 0) is 11.2 Å². The quantitative estimate of drug-likeness (QED) is 0.671. The number of nitrogens with two attached hydrogens (primary N) is 1. The number of aryl methyl sites for hydroxylation is 1. The molecule has 2 atom stereocenters. The lowest BCUT2D eigenvalue weighted by Crippen LogP contribution is -2.44. The van der Waals surface area contributed by atoms with Crippen molar-refractivity contribution in [1.82, 2.24) is 5.32 Å². The van der Waals surface area contributed by atoms with Crippen molar-refractivity contribution in [2.75, 3.05) is 6.61 Å². The molecule has 4 N–H and O–H groups in total. The van der Waals surface area contributed by atoms with Gasteiger partial charge in [0.25, 0.3) is 0 Å². The van der Waals surface area contributed by atoms with Gasteiger partial charge in [0.2, 0.25) is 5.91 Å². The van der Waals surface area contributed by atoms with E-state index in [-0.39, 0.29) is 18.6 Å². The predicted octanol–water partition coefficient (Wildman–Crippen LogP) is 0.834. The summed E-state index contributed by atoms with van der Waals surface area (Å²) in [7, 11) is 0. The first-order valence-electron chi connectivity index (χ1n) is 6.34. The highest BCUT2D eigenvalue weighted by Crippen LogP contribution is 2.04. The van der Waals surface area contributed by atoms with E-state index in [1.54, 1.807) is 0 Å². The standard InChI is InChI=1S/C14H22N2O2/c1-11(9-10-17)16-14(18)13(15)8-7-12-5-3-2-4-6-12/h2-6,11,13,17H,7-10,15H2,1H3,(H,16,18). The van der Waals surface area contributed by atoms with E-state index in [0.29, 0.717) is 12.8 Å². The van der Waals surface area contributed by atoms with Gasteiger partial charge in [-0.2, -0.15) is 0 Å². The van der Waals surface area contributed by atoms with Crippen LogP contribution in [0.2, 0.25) is 0 Å². The molecule has 1 rings (SSSR count). The van der Waals surface area contributed by atoms with Crippen molar-refractivity contribution in [3.63, 3.8) is 0 Å². The minimum atomic E-state index is -0.494. The van der Waals surface area contributed by atoms with Gasteiger partial charge in [-0.15, -0.1) is 0 Å². The highest BCUT2D eigenvalue weighted by molar-refractivity contribution is 5.81. The molecule has 1 aromatic rings. The van der Waals surface area contributed by atoms with Crippen molar-refractivity contribution in [3.05, 3.63) is 35.9 Å². The van der Waals surface area contributed by atoms with Gasteiger partial charge in [0.1, 0.15) is 0 Å². The summed E-state index contributed by atoms with van der Waals surface area (Å²) >= 11 is 0. The maximum atomic E-state index is 11.7. The minimum absolute atomic E-state index is 0.0368. The number of carbonyl (C=O) groups is 1. The second-order valence-electron chi connectivity index (χ2n) is 4.55. The number of aliphatic hydroxyl groups excluding tert-OH is 1. The van der Waals surface area contributed by atoms with Gasteiger partial charge >= 0.3 is 0 Å². The van der Waals surface area contributed by atoms with E-state index in [1.807, 2.05) is 37.3 Å². The van der Waals surface area contributed by atoms with Crippen molar-refractivity contribution in [2.24, 2.45) is 5.73 Å². The summed E-state index contributed by atoms with van der Waals surface area (Å²) in [5.74, 6) is -0.146. The first-order valence-corrected chi connectivity index (χ1v) is 6.34. The average molecular weight is 250 g/mol. The average Bonchev–Trinajstić information content (AvgIpc) is 2.37. The zero-order valence-corrected chi connectivity index (χ0v) is 10.8. The molecule has 0 spiro atoms. The van der Waals surface area contributed by atoms with Crippen molar-refractivity contribution in [3.8, 4) is 0 Å². The zero-order chi connectivity index (χ0) is 13.4. The lowest BCUT2D eigenvalue weighted by molar-refractivity contribution is -0.123. The Hall–Kier alpha value is -1.39. The first kappa shape index (κ1) is 14.7. The molecule has 0 saturated heterocycles. The fourth-order valence-corrected chi connectivity index (χ4v) is 1.71. The van der Waals surface area contributed by atoms with E-state index >= 15 is 0 Å². The molecule has 4 heteroatoms. The van der Waals surface area contributed by atoms with Crippen molar-refractivity contribution in [2.45, 2.75) is 38.3 Å². The van der Waals surface area contributed by atoms with Crippen molar-refractivity contribution in [1.29, 1.82) is 0 Å². The Morgan fingerprint density at radius 3 is 2.61 bits per heavy atom. The van der Waals surface area contributed by atoms with Gasteiger partial charge in [-0.3, -0.25) is 4.79 Å². The molecule has 1 amide bonds. The highest BCUT2D eigenvalue weighted by atomic mass is 16.3. The first-order chi connectivity index (χ1) is 8.63. The molecular formula is C14H22N2O2. The molecule has 0 aliphatic carbocycles. The molecule has 100 valence electrons. The van der Waals surface area contributed by atoms with Crippen LogP contribution in [-0.4, -0.2) is 29.7 Å². The lowest BCUT2D eigenvalue weighted by atomic mass is 10.0. The van der Waals surface area contributed by atoms with Crippen LogP contribution in [0.25, 0.3) is 0 Å². The van der Waals surface area contributed by atoms with Crippen LogP contribution in [0, 0.1) is 0 Å². The molecule has 0 fully saturated rings. The Bertz CT molecular complexity index is 354. The summed E-state index contributed by atoms with van der Waals surface area (Å²) in [6.45, 7) is 1.93. The molecule has 18 heavy (non-hydrogen) atoms. The van der Waals surface area contributed by atoms with Gasteiger partial charge < -0.3 is 16.2 Å². The number of hydrogen-bond acceptors (Lipinski definition) is 3.